The molecule has 2 heteroatoms. The molecule has 0 aliphatic rings. The highest BCUT2D eigenvalue weighted by atomic mass is 32.1. The van der Waals surface area contributed by atoms with Crippen LogP contribution in [0.4, 0.5) is 0 Å². The highest BCUT2D eigenvalue weighted by Crippen LogP contribution is 2.28. The Bertz CT molecular complexity index is 512. The standard InChI is InChI=1S/C18H25NS/c1-4-6-7-15-8-10-16(11-9-15)18(19-5-2)17-13-20-12-14(17)3/h8-13,18-19H,4-7H2,1-3H3. The van der Waals surface area contributed by atoms with Crippen molar-refractivity contribution in [2.24, 2.45) is 0 Å². The molecule has 108 valence electrons. The van der Waals surface area contributed by atoms with E-state index in [1.165, 1.54) is 41.5 Å². The SMILES string of the molecule is CCCCc1ccc(C(NCC)c2cscc2C)cc1. The van der Waals surface area contributed by atoms with E-state index in [-0.39, 0.29) is 0 Å². The number of hydrogen-bond acceptors (Lipinski definition) is 2. The van der Waals surface area contributed by atoms with Gasteiger partial charge in [0.15, 0.2) is 0 Å². The molecule has 0 aliphatic heterocycles. The van der Waals surface area contributed by atoms with Crippen LogP contribution in [-0.4, -0.2) is 6.54 Å². The molecule has 0 bridgehead atoms. The van der Waals surface area contributed by atoms with Gasteiger partial charge in [0, 0.05) is 0 Å². The van der Waals surface area contributed by atoms with Crippen LogP contribution in [0.15, 0.2) is 35.0 Å². The van der Waals surface area contributed by atoms with E-state index in [9.17, 15) is 0 Å². The van der Waals surface area contributed by atoms with Gasteiger partial charge in [0.2, 0.25) is 0 Å². The van der Waals surface area contributed by atoms with E-state index in [0.717, 1.165) is 6.54 Å². The minimum atomic E-state index is 0.325. The summed E-state index contributed by atoms with van der Waals surface area (Å²) in [7, 11) is 0. The second kappa shape index (κ2) is 7.61. The first-order chi connectivity index (χ1) is 9.76. The minimum absolute atomic E-state index is 0.325. The van der Waals surface area contributed by atoms with Crippen LogP contribution < -0.4 is 5.32 Å². The van der Waals surface area contributed by atoms with Crippen molar-refractivity contribution in [2.75, 3.05) is 6.54 Å². The molecule has 1 nitrogen and oxygen atoms in total. The molecule has 20 heavy (non-hydrogen) atoms. The van der Waals surface area contributed by atoms with Crippen LogP contribution in [0.1, 0.15) is 55.0 Å². The van der Waals surface area contributed by atoms with Gasteiger partial charge in [-0.2, -0.15) is 11.3 Å². The van der Waals surface area contributed by atoms with Crippen LogP contribution >= 0.6 is 11.3 Å². The van der Waals surface area contributed by atoms with Crippen molar-refractivity contribution in [1.82, 2.24) is 5.32 Å². The summed E-state index contributed by atoms with van der Waals surface area (Å²) < 4.78 is 0. The van der Waals surface area contributed by atoms with Crippen molar-refractivity contribution in [2.45, 2.75) is 46.1 Å². The smallest absolute Gasteiger partial charge is 0.0587 e. The van der Waals surface area contributed by atoms with Crippen LogP contribution in [0.5, 0.6) is 0 Å². The summed E-state index contributed by atoms with van der Waals surface area (Å²) in [5.41, 5.74) is 5.62. The third-order valence-electron chi connectivity index (χ3n) is 3.75. The molecule has 2 aromatic rings. The Balaban J connectivity index is 2.19. The Morgan fingerprint density at radius 2 is 1.85 bits per heavy atom. The molecule has 0 saturated heterocycles. The number of rotatable bonds is 7. The average Bonchev–Trinajstić information content (AvgIpc) is 2.89. The molecule has 0 aliphatic carbocycles. The van der Waals surface area contributed by atoms with Crippen molar-refractivity contribution >= 4 is 11.3 Å². The van der Waals surface area contributed by atoms with E-state index >= 15 is 0 Å². The fourth-order valence-corrected chi connectivity index (χ4v) is 3.41. The molecule has 0 spiro atoms. The van der Waals surface area contributed by atoms with Crippen molar-refractivity contribution in [1.29, 1.82) is 0 Å². The number of nitrogens with one attached hydrogen (secondary N) is 1. The number of hydrogen-bond donors (Lipinski definition) is 1. The normalized spacial score (nSPS) is 12.6. The lowest BCUT2D eigenvalue weighted by atomic mass is 9.96. The zero-order chi connectivity index (χ0) is 14.4. The van der Waals surface area contributed by atoms with Crippen LogP contribution in [0.3, 0.4) is 0 Å². The first kappa shape index (κ1) is 15.3. The first-order valence-corrected chi connectivity index (χ1v) is 8.55. The van der Waals surface area contributed by atoms with Crippen molar-refractivity contribution in [3.63, 3.8) is 0 Å². The molecular formula is C18H25NS. The van der Waals surface area contributed by atoms with Gasteiger partial charge in [-0.25, -0.2) is 0 Å². The number of unbranched alkanes of at least 4 members (excludes halogenated alkanes) is 1. The molecule has 0 saturated carbocycles. The van der Waals surface area contributed by atoms with Gasteiger partial charge in [0.1, 0.15) is 0 Å². The minimum Gasteiger partial charge on any atom is -0.306 e. The van der Waals surface area contributed by atoms with Crippen molar-refractivity contribution in [3.8, 4) is 0 Å². The Morgan fingerprint density at radius 3 is 2.40 bits per heavy atom. The average molecular weight is 287 g/mol. The molecule has 0 amide bonds. The number of aryl methyl sites for hydroxylation is 2. The summed E-state index contributed by atoms with van der Waals surface area (Å²) >= 11 is 1.79. The van der Waals surface area contributed by atoms with E-state index in [0.29, 0.717) is 6.04 Å². The van der Waals surface area contributed by atoms with Crippen molar-refractivity contribution in [3.05, 3.63) is 57.3 Å². The maximum atomic E-state index is 3.61. The molecule has 1 aromatic carbocycles. The summed E-state index contributed by atoms with van der Waals surface area (Å²) in [6, 6.07) is 9.48. The lowest BCUT2D eigenvalue weighted by Gasteiger charge is -2.19. The van der Waals surface area contributed by atoms with E-state index in [1.54, 1.807) is 11.3 Å². The van der Waals surface area contributed by atoms with Crippen LogP contribution in [0, 0.1) is 6.92 Å². The van der Waals surface area contributed by atoms with Gasteiger partial charge in [-0.1, -0.05) is 44.5 Å². The quantitative estimate of drug-likeness (QED) is 0.747. The third kappa shape index (κ3) is 3.71. The summed E-state index contributed by atoms with van der Waals surface area (Å²) in [5, 5.41) is 8.11. The molecular weight excluding hydrogens is 262 g/mol. The highest BCUT2D eigenvalue weighted by Gasteiger charge is 2.15. The molecule has 0 fully saturated rings. The number of thiophene rings is 1. The summed E-state index contributed by atoms with van der Waals surface area (Å²) in [5.74, 6) is 0. The molecule has 0 radical (unpaired) electrons. The van der Waals surface area contributed by atoms with E-state index < -0.39 is 0 Å². The molecule has 1 N–H and O–H groups in total. The van der Waals surface area contributed by atoms with Gasteiger partial charge in [0.05, 0.1) is 6.04 Å². The second-order valence-corrected chi connectivity index (χ2v) is 6.09. The Kier molecular flexibility index (Phi) is 5.81. The fourth-order valence-electron chi connectivity index (χ4n) is 2.54. The lowest BCUT2D eigenvalue weighted by Crippen LogP contribution is -2.22. The van der Waals surface area contributed by atoms with Gasteiger partial charge in [-0.15, -0.1) is 0 Å². The zero-order valence-electron chi connectivity index (χ0n) is 12.8. The Labute approximate surface area is 127 Å². The van der Waals surface area contributed by atoms with E-state index in [4.69, 9.17) is 0 Å². The molecule has 1 unspecified atom stereocenters. The van der Waals surface area contributed by atoms with Crippen LogP contribution in [-0.2, 0) is 6.42 Å². The predicted molar refractivity (Wildman–Crippen MR) is 89.6 cm³/mol. The topological polar surface area (TPSA) is 12.0 Å². The highest BCUT2D eigenvalue weighted by molar-refractivity contribution is 7.08. The Morgan fingerprint density at radius 1 is 1.10 bits per heavy atom. The van der Waals surface area contributed by atoms with Crippen LogP contribution in [0.25, 0.3) is 0 Å². The van der Waals surface area contributed by atoms with Gasteiger partial charge in [-0.3, -0.25) is 0 Å². The molecule has 1 heterocycles. The largest absolute Gasteiger partial charge is 0.306 e. The van der Waals surface area contributed by atoms with E-state index in [1.807, 2.05) is 0 Å². The van der Waals surface area contributed by atoms with E-state index in [2.05, 4.69) is 61.1 Å². The molecule has 2 rings (SSSR count). The van der Waals surface area contributed by atoms with Gasteiger partial charge in [-0.05, 0) is 59.3 Å². The predicted octanol–water partition coefficient (Wildman–Crippen LogP) is 5.10. The first-order valence-electron chi connectivity index (χ1n) is 7.61. The maximum Gasteiger partial charge on any atom is 0.0587 e. The number of benzene rings is 1. The summed E-state index contributed by atoms with van der Waals surface area (Å²) in [6.07, 6.45) is 3.73. The third-order valence-corrected chi connectivity index (χ3v) is 4.63. The fraction of sp³-hybridized carbons (Fsp3) is 0.444. The second-order valence-electron chi connectivity index (χ2n) is 5.35. The maximum absolute atomic E-state index is 3.61. The van der Waals surface area contributed by atoms with Gasteiger partial charge >= 0.3 is 0 Å². The van der Waals surface area contributed by atoms with Crippen LogP contribution in [0.2, 0.25) is 0 Å². The molecule has 1 atom stereocenters. The Hall–Kier alpha value is -1.12. The van der Waals surface area contributed by atoms with Gasteiger partial charge < -0.3 is 5.32 Å². The molecule has 1 aromatic heterocycles. The zero-order valence-corrected chi connectivity index (χ0v) is 13.6. The monoisotopic (exact) mass is 287 g/mol. The van der Waals surface area contributed by atoms with Crippen molar-refractivity contribution < 1.29 is 0 Å². The summed E-state index contributed by atoms with van der Waals surface area (Å²) in [4.78, 5) is 0. The van der Waals surface area contributed by atoms with Gasteiger partial charge in [0.25, 0.3) is 0 Å². The summed E-state index contributed by atoms with van der Waals surface area (Å²) in [6.45, 7) is 7.60. The lowest BCUT2D eigenvalue weighted by molar-refractivity contribution is 0.629.